The van der Waals surface area contributed by atoms with Gasteiger partial charge in [-0.05, 0) is 25.1 Å². The summed E-state index contributed by atoms with van der Waals surface area (Å²) < 4.78 is 28.8. The van der Waals surface area contributed by atoms with Crippen LogP contribution in [-0.4, -0.2) is 31.0 Å². The molecule has 1 aromatic heterocycles. The summed E-state index contributed by atoms with van der Waals surface area (Å²) in [6.07, 6.45) is 0. The predicted molar refractivity (Wildman–Crippen MR) is 75.4 cm³/mol. The maximum Gasteiger partial charge on any atom is 0.360 e. The van der Waals surface area contributed by atoms with E-state index < -0.39 is 16.0 Å². The fourth-order valence-electron chi connectivity index (χ4n) is 1.92. The molecule has 112 valence electrons. The summed E-state index contributed by atoms with van der Waals surface area (Å²) in [7, 11) is -2.62. The summed E-state index contributed by atoms with van der Waals surface area (Å²) in [6, 6.07) is 5.86. The summed E-state index contributed by atoms with van der Waals surface area (Å²) >= 11 is 0. The van der Waals surface area contributed by atoms with Crippen LogP contribution in [0.3, 0.4) is 0 Å². The van der Waals surface area contributed by atoms with E-state index in [0.717, 1.165) is 0 Å². The van der Waals surface area contributed by atoms with E-state index in [9.17, 15) is 13.2 Å². The minimum absolute atomic E-state index is 0.0315. The fourth-order valence-corrected chi connectivity index (χ4v) is 2.47. The Kier molecular flexibility index (Phi) is 3.71. The molecule has 0 aliphatic carbocycles. The van der Waals surface area contributed by atoms with Gasteiger partial charge in [0.1, 0.15) is 11.6 Å². The molecule has 0 spiro atoms. The lowest BCUT2D eigenvalue weighted by molar-refractivity contribution is 0.0596. The molecule has 2 aromatic rings. The number of methoxy groups -OCH3 is 1. The van der Waals surface area contributed by atoms with E-state index in [1.807, 2.05) is 0 Å². The zero-order chi connectivity index (χ0) is 15.8. The van der Waals surface area contributed by atoms with Crippen LogP contribution in [0, 0.1) is 6.92 Å². The van der Waals surface area contributed by atoms with Crippen molar-refractivity contribution in [1.82, 2.24) is 9.55 Å². The predicted octanol–water partition coefficient (Wildman–Crippen LogP) is 0.197. The van der Waals surface area contributed by atoms with Crippen molar-refractivity contribution in [3.05, 3.63) is 35.8 Å². The van der Waals surface area contributed by atoms with E-state index in [1.54, 1.807) is 13.0 Å². The number of imidazole rings is 1. The van der Waals surface area contributed by atoms with Crippen molar-refractivity contribution in [2.75, 3.05) is 12.8 Å². The minimum atomic E-state index is -3.84. The Labute approximate surface area is 121 Å². The first-order valence-corrected chi connectivity index (χ1v) is 7.36. The van der Waals surface area contributed by atoms with Crippen molar-refractivity contribution in [2.45, 2.75) is 11.8 Å². The van der Waals surface area contributed by atoms with Gasteiger partial charge < -0.3 is 10.5 Å². The van der Waals surface area contributed by atoms with Crippen molar-refractivity contribution >= 4 is 21.8 Å². The Morgan fingerprint density at radius 3 is 2.62 bits per heavy atom. The zero-order valence-corrected chi connectivity index (χ0v) is 12.2. The number of rotatable bonds is 3. The van der Waals surface area contributed by atoms with Gasteiger partial charge in [-0.2, -0.15) is 0 Å². The third-order valence-electron chi connectivity index (χ3n) is 2.86. The highest BCUT2D eigenvalue weighted by atomic mass is 32.2. The third-order valence-corrected chi connectivity index (χ3v) is 3.77. The topological polar surface area (TPSA) is 130 Å². The van der Waals surface area contributed by atoms with Crippen molar-refractivity contribution in [1.29, 1.82) is 0 Å². The number of carbonyl (C=O) groups is 1. The van der Waals surface area contributed by atoms with E-state index in [1.165, 1.54) is 29.9 Å². The van der Waals surface area contributed by atoms with Crippen LogP contribution in [0.1, 0.15) is 16.3 Å². The number of esters is 1. The number of aromatic nitrogens is 2. The standard InChI is InChI=1S/C12H14N4O4S/c1-7-15-10(12(17)20-2)11(13)16(7)8-4-3-5-9(6-8)21(14,18)19/h3-6H,13H2,1-2H3,(H2,14,18,19). The molecule has 0 amide bonds. The lowest BCUT2D eigenvalue weighted by Gasteiger charge is -2.09. The van der Waals surface area contributed by atoms with Gasteiger partial charge in [-0.15, -0.1) is 0 Å². The van der Waals surface area contributed by atoms with Gasteiger partial charge in [-0.1, -0.05) is 6.07 Å². The van der Waals surface area contributed by atoms with Crippen LogP contribution < -0.4 is 10.9 Å². The minimum Gasteiger partial charge on any atom is -0.464 e. The summed E-state index contributed by atoms with van der Waals surface area (Å²) in [5.74, 6) is -0.192. The van der Waals surface area contributed by atoms with E-state index in [4.69, 9.17) is 10.9 Å². The zero-order valence-electron chi connectivity index (χ0n) is 11.4. The molecule has 0 saturated heterocycles. The molecule has 0 atom stereocenters. The summed E-state index contributed by atoms with van der Waals surface area (Å²) in [5, 5.41) is 5.10. The van der Waals surface area contributed by atoms with Crippen molar-refractivity contribution < 1.29 is 17.9 Å². The highest BCUT2D eigenvalue weighted by Crippen LogP contribution is 2.22. The van der Waals surface area contributed by atoms with E-state index in [0.29, 0.717) is 11.5 Å². The molecule has 1 heterocycles. The molecular formula is C12H14N4O4S. The fraction of sp³-hybridized carbons (Fsp3) is 0.167. The average Bonchev–Trinajstić information content (AvgIpc) is 2.72. The van der Waals surface area contributed by atoms with Crippen molar-refractivity contribution in [3.63, 3.8) is 0 Å². The molecule has 8 nitrogen and oxygen atoms in total. The van der Waals surface area contributed by atoms with Crippen LogP contribution >= 0.6 is 0 Å². The molecule has 0 aliphatic rings. The Bertz CT molecular complexity index is 811. The Morgan fingerprint density at radius 1 is 1.38 bits per heavy atom. The molecule has 0 bridgehead atoms. The van der Waals surface area contributed by atoms with Gasteiger partial charge in [0.15, 0.2) is 5.69 Å². The maximum absolute atomic E-state index is 11.6. The van der Waals surface area contributed by atoms with Gasteiger partial charge in [0, 0.05) is 0 Å². The van der Waals surface area contributed by atoms with E-state index in [-0.39, 0.29) is 16.4 Å². The highest BCUT2D eigenvalue weighted by molar-refractivity contribution is 7.89. The van der Waals surface area contributed by atoms with E-state index >= 15 is 0 Å². The number of primary sulfonamides is 1. The first-order chi connectivity index (χ1) is 9.75. The normalized spacial score (nSPS) is 11.4. The van der Waals surface area contributed by atoms with Crippen LogP contribution in [0.5, 0.6) is 0 Å². The van der Waals surface area contributed by atoms with Crippen molar-refractivity contribution in [2.24, 2.45) is 5.14 Å². The lowest BCUT2D eigenvalue weighted by atomic mass is 10.3. The van der Waals surface area contributed by atoms with Gasteiger partial charge in [-0.25, -0.2) is 23.3 Å². The Hall–Kier alpha value is -2.39. The SMILES string of the molecule is COC(=O)c1nc(C)n(-c2cccc(S(N)(=O)=O)c2)c1N. The third kappa shape index (κ3) is 2.73. The second kappa shape index (κ2) is 5.19. The monoisotopic (exact) mass is 310 g/mol. The van der Waals surface area contributed by atoms with Crippen LogP contribution in [-0.2, 0) is 14.8 Å². The summed E-state index contributed by atoms with van der Waals surface area (Å²) in [5.41, 5.74) is 6.29. The smallest absolute Gasteiger partial charge is 0.360 e. The van der Waals surface area contributed by atoms with Gasteiger partial charge >= 0.3 is 5.97 Å². The average molecular weight is 310 g/mol. The number of nitrogens with two attached hydrogens (primary N) is 2. The van der Waals surface area contributed by atoms with Gasteiger partial charge in [0.2, 0.25) is 10.0 Å². The van der Waals surface area contributed by atoms with Gasteiger partial charge in [0.25, 0.3) is 0 Å². The number of benzene rings is 1. The van der Waals surface area contributed by atoms with Gasteiger partial charge in [0.05, 0.1) is 17.7 Å². The van der Waals surface area contributed by atoms with Crippen molar-refractivity contribution in [3.8, 4) is 5.69 Å². The first kappa shape index (κ1) is 15.0. The number of nitrogens with zero attached hydrogens (tertiary/aromatic N) is 2. The molecule has 0 aliphatic heterocycles. The number of anilines is 1. The number of aryl methyl sites for hydroxylation is 1. The molecule has 2 rings (SSSR count). The van der Waals surface area contributed by atoms with Crippen LogP contribution in [0.25, 0.3) is 5.69 Å². The molecule has 0 radical (unpaired) electrons. The number of sulfonamides is 1. The molecule has 1 aromatic carbocycles. The number of hydrogen-bond donors (Lipinski definition) is 2. The molecule has 4 N–H and O–H groups in total. The second-order valence-electron chi connectivity index (χ2n) is 4.26. The molecule has 9 heteroatoms. The Morgan fingerprint density at radius 2 is 2.05 bits per heavy atom. The first-order valence-electron chi connectivity index (χ1n) is 5.82. The summed E-state index contributed by atoms with van der Waals surface area (Å²) in [6.45, 7) is 1.63. The number of carbonyl (C=O) groups excluding carboxylic acids is 1. The molecule has 0 unspecified atom stereocenters. The molecule has 0 saturated carbocycles. The quantitative estimate of drug-likeness (QED) is 0.778. The number of nitrogen functional groups attached to an aromatic ring is 1. The molecule has 0 fully saturated rings. The highest BCUT2D eigenvalue weighted by Gasteiger charge is 2.20. The summed E-state index contributed by atoms with van der Waals surface area (Å²) in [4.78, 5) is 15.5. The number of ether oxygens (including phenoxy) is 1. The lowest BCUT2D eigenvalue weighted by Crippen LogP contribution is -2.13. The Balaban J connectivity index is 2.63. The second-order valence-corrected chi connectivity index (χ2v) is 5.82. The maximum atomic E-state index is 11.6. The van der Waals surface area contributed by atoms with Crippen LogP contribution in [0.4, 0.5) is 5.82 Å². The molecular weight excluding hydrogens is 296 g/mol. The number of hydrogen-bond acceptors (Lipinski definition) is 6. The largest absolute Gasteiger partial charge is 0.464 e. The van der Waals surface area contributed by atoms with E-state index in [2.05, 4.69) is 9.72 Å². The van der Waals surface area contributed by atoms with Crippen LogP contribution in [0.2, 0.25) is 0 Å². The molecule has 21 heavy (non-hydrogen) atoms. The van der Waals surface area contributed by atoms with Gasteiger partial charge in [-0.3, -0.25) is 4.57 Å². The van der Waals surface area contributed by atoms with Crippen LogP contribution in [0.15, 0.2) is 29.2 Å².